The molecule has 1 aromatic carbocycles. The van der Waals surface area contributed by atoms with Crippen molar-refractivity contribution in [1.29, 1.82) is 0 Å². The van der Waals surface area contributed by atoms with Gasteiger partial charge in [-0.05, 0) is 50.6 Å². The average molecular weight is 432 g/mol. The van der Waals surface area contributed by atoms with E-state index in [4.69, 9.17) is 39.5 Å². The number of ether oxygens (including phenoxy) is 1. The van der Waals surface area contributed by atoms with Gasteiger partial charge in [-0.15, -0.1) is 0 Å². The number of rotatable bonds is 6. The topological polar surface area (TPSA) is 40.4 Å². The lowest BCUT2D eigenvalue weighted by atomic mass is 10.1. The number of nitrogens with zero attached hydrogens (tertiary/aromatic N) is 4. The van der Waals surface area contributed by atoms with Crippen LogP contribution in [-0.2, 0) is 6.42 Å². The number of benzene rings is 1. The smallest absolute Gasteiger partial charge is 0.248 e. The maximum absolute atomic E-state index is 6.22. The number of methoxy groups -OCH3 is 1. The highest BCUT2D eigenvalue weighted by Crippen LogP contribution is 2.32. The third-order valence-corrected chi connectivity index (χ3v) is 5.62. The molecule has 2 aliphatic heterocycles. The minimum absolute atomic E-state index is 0.459. The predicted octanol–water partition coefficient (Wildman–Crippen LogP) is 4.16. The fourth-order valence-electron chi connectivity index (χ4n) is 3.59. The molecule has 0 saturated carbocycles. The molecule has 0 aromatic heterocycles. The molecule has 1 unspecified atom stereocenters. The summed E-state index contributed by atoms with van der Waals surface area (Å²) in [6.45, 7) is 2.39. The molecule has 5 nitrogen and oxygen atoms in total. The number of hydrogen-bond donors (Lipinski definition) is 0. The van der Waals surface area contributed by atoms with E-state index in [-0.39, 0.29) is 0 Å². The van der Waals surface area contributed by atoms with Gasteiger partial charge in [0.1, 0.15) is 18.3 Å². The van der Waals surface area contributed by atoms with Gasteiger partial charge in [0.25, 0.3) is 0 Å². The van der Waals surface area contributed by atoms with E-state index in [0.29, 0.717) is 30.8 Å². The number of aliphatic imine (C=N–C) groups is 2. The largest absolute Gasteiger partial charge is 0.497 e. The number of halogens is 3. The fraction of sp³-hybridized carbons (Fsp3) is 0.579. The molecule has 3 rings (SSSR count). The normalized spacial score (nSPS) is 21.2. The zero-order valence-corrected chi connectivity index (χ0v) is 17.9. The van der Waals surface area contributed by atoms with Crippen LogP contribution in [0.4, 0.5) is 0 Å². The van der Waals surface area contributed by atoms with Crippen LogP contribution in [0.1, 0.15) is 24.8 Å². The molecule has 0 radical (unpaired) electrons. The maximum Gasteiger partial charge on any atom is 0.248 e. The third kappa shape index (κ3) is 5.50. The number of alkyl halides is 3. The van der Waals surface area contributed by atoms with Crippen LogP contribution in [0.5, 0.6) is 5.75 Å². The highest BCUT2D eigenvalue weighted by molar-refractivity contribution is 6.76. The van der Waals surface area contributed by atoms with Crippen LogP contribution in [0, 0.1) is 0 Å². The van der Waals surface area contributed by atoms with E-state index in [2.05, 4.69) is 21.9 Å². The number of hydrogen-bond acceptors (Lipinski definition) is 5. The Balaban J connectivity index is 1.69. The Labute approximate surface area is 175 Å². The van der Waals surface area contributed by atoms with Crippen LogP contribution in [0.3, 0.4) is 0 Å². The molecule has 2 heterocycles. The number of amidine groups is 2. The van der Waals surface area contributed by atoms with Crippen LogP contribution < -0.4 is 4.74 Å². The van der Waals surface area contributed by atoms with Crippen molar-refractivity contribution in [3.05, 3.63) is 29.8 Å². The first-order valence-electron chi connectivity index (χ1n) is 9.14. The summed E-state index contributed by atoms with van der Waals surface area (Å²) >= 11 is 18.7. The second-order valence-electron chi connectivity index (χ2n) is 7.01. The van der Waals surface area contributed by atoms with Crippen molar-refractivity contribution in [3.8, 4) is 5.75 Å². The molecule has 0 bridgehead atoms. The van der Waals surface area contributed by atoms with Gasteiger partial charge in [0.15, 0.2) is 5.84 Å². The Morgan fingerprint density at radius 2 is 2.11 bits per heavy atom. The summed E-state index contributed by atoms with van der Waals surface area (Å²) in [7, 11) is 3.82. The minimum Gasteiger partial charge on any atom is -0.497 e. The van der Waals surface area contributed by atoms with Crippen molar-refractivity contribution in [2.45, 2.75) is 35.5 Å². The van der Waals surface area contributed by atoms with Gasteiger partial charge >= 0.3 is 0 Å². The van der Waals surface area contributed by atoms with Crippen molar-refractivity contribution in [2.24, 2.45) is 9.98 Å². The van der Waals surface area contributed by atoms with Gasteiger partial charge in [0, 0.05) is 19.0 Å². The van der Waals surface area contributed by atoms with Gasteiger partial charge < -0.3 is 14.5 Å². The highest BCUT2D eigenvalue weighted by Gasteiger charge is 2.35. The molecule has 0 spiro atoms. The molecule has 1 saturated heterocycles. The summed E-state index contributed by atoms with van der Waals surface area (Å²) in [5.74, 6) is 1.93. The molecule has 0 aliphatic carbocycles. The Bertz CT molecular complexity index is 717. The minimum atomic E-state index is -1.57. The summed E-state index contributed by atoms with van der Waals surface area (Å²) in [5.41, 5.74) is 1.06. The van der Waals surface area contributed by atoms with Crippen LogP contribution in [0.15, 0.2) is 34.3 Å². The van der Waals surface area contributed by atoms with Gasteiger partial charge in [-0.25, -0.2) is 9.98 Å². The zero-order valence-electron chi connectivity index (χ0n) is 15.7. The van der Waals surface area contributed by atoms with Crippen LogP contribution in [-0.4, -0.2) is 65.2 Å². The van der Waals surface area contributed by atoms with Crippen LogP contribution >= 0.6 is 34.8 Å². The molecule has 8 heteroatoms. The molecule has 27 heavy (non-hydrogen) atoms. The summed E-state index contributed by atoms with van der Waals surface area (Å²) in [5, 5.41) is 0. The lowest BCUT2D eigenvalue weighted by Gasteiger charge is -2.32. The summed E-state index contributed by atoms with van der Waals surface area (Å²) in [6, 6.07) is 8.41. The molecular formula is C19H25Cl3N4O. The Morgan fingerprint density at radius 3 is 2.78 bits per heavy atom. The third-order valence-electron chi connectivity index (χ3n) is 5.11. The SMILES string of the molecule is COc1cccc(CC2=NCN(CCC3CCCN3C)C(C(Cl)(Cl)Cl)=N2)c1. The standard InChI is InChI=1S/C19H25Cl3N4O/c1-25-9-4-6-15(25)8-10-26-13-23-17(24-18(26)19(20,21)22)12-14-5-3-7-16(11-14)27-2/h3,5,7,11,15H,4,6,8-10,12-13H2,1-2H3. The predicted molar refractivity (Wildman–Crippen MR) is 114 cm³/mol. The van der Waals surface area contributed by atoms with Gasteiger partial charge in [0.2, 0.25) is 3.79 Å². The first-order chi connectivity index (χ1) is 12.9. The Morgan fingerprint density at radius 1 is 1.30 bits per heavy atom. The molecule has 1 aromatic rings. The lowest BCUT2D eigenvalue weighted by Crippen LogP contribution is -2.44. The van der Waals surface area contributed by atoms with Gasteiger partial charge in [-0.1, -0.05) is 46.9 Å². The molecule has 1 atom stereocenters. The molecular weight excluding hydrogens is 407 g/mol. The van der Waals surface area contributed by atoms with Crippen LogP contribution in [0.2, 0.25) is 0 Å². The second-order valence-corrected chi connectivity index (χ2v) is 9.29. The summed E-state index contributed by atoms with van der Waals surface area (Å²) in [6.07, 6.45) is 4.04. The number of likely N-dealkylation sites (tertiary alicyclic amines) is 1. The monoisotopic (exact) mass is 430 g/mol. The quantitative estimate of drug-likeness (QED) is 0.635. The van der Waals surface area contributed by atoms with Crippen molar-refractivity contribution in [3.63, 3.8) is 0 Å². The summed E-state index contributed by atoms with van der Waals surface area (Å²) < 4.78 is 3.70. The molecule has 0 N–H and O–H groups in total. The lowest BCUT2D eigenvalue weighted by molar-refractivity contribution is 0.271. The fourth-order valence-corrected chi connectivity index (χ4v) is 4.08. The van der Waals surface area contributed by atoms with Gasteiger partial charge in [-0.3, -0.25) is 0 Å². The molecule has 1 fully saturated rings. The first-order valence-corrected chi connectivity index (χ1v) is 10.3. The van der Waals surface area contributed by atoms with Crippen molar-refractivity contribution in [2.75, 3.05) is 33.9 Å². The zero-order chi connectivity index (χ0) is 19.4. The highest BCUT2D eigenvalue weighted by atomic mass is 35.6. The molecule has 2 aliphatic rings. The van der Waals surface area contributed by atoms with E-state index in [1.165, 1.54) is 12.8 Å². The van der Waals surface area contributed by atoms with E-state index in [0.717, 1.165) is 30.8 Å². The van der Waals surface area contributed by atoms with Crippen LogP contribution in [0.25, 0.3) is 0 Å². The van der Waals surface area contributed by atoms with E-state index in [1.54, 1.807) is 7.11 Å². The van der Waals surface area contributed by atoms with E-state index in [1.807, 2.05) is 29.2 Å². The Kier molecular flexibility index (Phi) is 6.90. The Hall–Kier alpha value is -1.01. The molecule has 0 amide bonds. The van der Waals surface area contributed by atoms with Crippen molar-refractivity contribution < 1.29 is 4.74 Å². The van der Waals surface area contributed by atoms with Gasteiger partial charge in [0.05, 0.1) is 7.11 Å². The van der Waals surface area contributed by atoms with E-state index >= 15 is 0 Å². The van der Waals surface area contributed by atoms with E-state index < -0.39 is 3.79 Å². The summed E-state index contributed by atoms with van der Waals surface area (Å²) in [4.78, 5) is 13.6. The first kappa shape index (κ1) is 20.7. The molecule has 148 valence electrons. The van der Waals surface area contributed by atoms with Crippen molar-refractivity contribution >= 4 is 46.5 Å². The van der Waals surface area contributed by atoms with Gasteiger partial charge in [-0.2, -0.15) is 0 Å². The van der Waals surface area contributed by atoms with E-state index in [9.17, 15) is 0 Å². The second kappa shape index (κ2) is 8.99. The maximum atomic E-state index is 6.22. The average Bonchev–Trinajstić information content (AvgIpc) is 3.05. The van der Waals surface area contributed by atoms with Crippen molar-refractivity contribution in [1.82, 2.24) is 9.80 Å².